The van der Waals surface area contributed by atoms with Gasteiger partial charge in [-0.2, -0.15) is 4.98 Å². The van der Waals surface area contributed by atoms with E-state index < -0.39 is 0 Å². The lowest BCUT2D eigenvalue weighted by molar-refractivity contribution is -0.145. The SMILES string of the molecule is COC(=O)CC1CN(Cc2noc(C(C)C)n2)CCO1. The van der Waals surface area contributed by atoms with E-state index in [2.05, 4.69) is 19.8 Å². The van der Waals surface area contributed by atoms with Crippen molar-refractivity contribution in [1.29, 1.82) is 0 Å². The number of hydrogen-bond donors (Lipinski definition) is 0. The van der Waals surface area contributed by atoms with Crippen LogP contribution < -0.4 is 0 Å². The van der Waals surface area contributed by atoms with Gasteiger partial charge < -0.3 is 14.0 Å². The van der Waals surface area contributed by atoms with E-state index in [0.717, 1.165) is 6.54 Å². The summed E-state index contributed by atoms with van der Waals surface area (Å²) in [6, 6.07) is 0. The fraction of sp³-hybridized carbons (Fsp3) is 0.769. The molecule has 1 atom stereocenters. The summed E-state index contributed by atoms with van der Waals surface area (Å²) in [6.45, 7) is 6.69. The van der Waals surface area contributed by atoms with Crippen molar-refractivity contribution in [3.63, 3.8) is 0 Å². The molecule has 1 unspecified atom stereocenters. The molecule has 20 heavy (non-hydrogen) atoms. The average molecular weight is 283 g/mol. The van der Waals surface area contributed by atoms with Gasteiger partial charge in [-0.25, -0.2) is 0 Å². The summed E-state index contributed by atoms with van der Waals surface area (Å²) in [5.74, 6) is 1.30. The molecule has 2 rings (SSSR count). The number of carbonyl (C=O) groups excluding carboxylic acids is 1. The molecule has 0 radical (unpaired) electrons. The number of hydrogen-bond acceptors (Lipinski definition) is 7. The Morgan fingerprint density at radius 3 is 3.00 bits per heavy atom. The predicted molar refractivity (Wildman–Crippen MR) is 70.0 cm³/mol. The highest BCUT2D eigenvalue weighted by Crippen LogP contribution is 2.14. The molecule has 0 saturated carbocycles. The second kappa shape index (κ2) is 6.81. The second-order valence-corrected chi connectivity index (χ2v) is 5.21. The molecule has 1 aromatic heterocycles. The Morgan fingerprint density at radius 2 is 2.35 bits per heavy atom. The molecular weight excluding hydrogens is 262 g/mol. The normalized spacial score (nSPS) is 20.3. The first kappa shape index (κ1) is 14.9. The minimum absolute atomic E-state index is 0.132. The third-order valence-corrected chi connectivity index (χ3v) is 3.19. The van der Waals surface area contributed by atoms with E-state index in [1.54, 1.807) is 0 Å². The molecule has 1 aliphatic heterocycles. The first-order valence-corrected chi connectivity index (χ1v) is 6.81. The summed E-state index contributed by atoms with van der Waals surface area (Å²) >= 11 is 0. The average Bonchev–Trinajstić information content (AvgIpc) is 2.87. The third kappa shape index (κ3) is 4.01. The fourth-order valence-corrected chi connectivity index (χ4v) is 2.08. The van der Waals surface area contributed by atoms with E-state index in [-0.39, 0.29) is 24.4 Å². The monoisotopic (exact) mass is 283 g/mol. The highest BCUT2D eigenvalue weighted by Gasteiger charge is 2.24. The number of ether oxygens (including phenoxy) is 2. The molecule has 7 nitrogen and oxygen atoms in total. The second-order valence-electron chi connectivity index (χ2n) is 5.21. The van der Waals surface area contributed by atoms with E-state index in [1.807, 2.05) is 13.8 Å². The van der Waals surface area contributed by atoms with E-state index >= 15 is 0 Å². The van der Waals surface area contributed by atoms with Crippen LogP contribution >= 0.6 is 0 Å². The van der Waals surface area contributed by atoms with Crippen molar-refractivity contribution in [2.75, 3.05) is 26.8 Å². The summed E-state index contributed by atoms with van der Waals surface area (Å²) in [4.78, 5) is 17.8. The highest BCUT2D eigenvalue weighted by atomic mass is 16.5. The van der Waals surface area contributed by atoms with Gasteiger partial charge in [-0.15, -0.1) is 0 Å². The number of methoxy groups -OCH3 is 1. The molecule has 2 heterocycles. The molecule has 0 amide bonds. The number of carbonyl (C=O) groups is 1. The smallest absolute Gasteiger partial charge is 0.308 e. The standard InChI is InChI=1S/C13H21N3O4/c1-9(2)13-14-11(15-20-13)8-16-4-5-19-10(7-16)6-12(17)18-3/h9-10H,4-8H2,1-3H3. The Bertz CT molecular complexity index is 447. The van der Waals surface area contributed by atoms with Crippen molar-refractivity contribution in [2.45, 2.75) is 38.8 Å². The van der Waals surface area contributed by atoms with Crippen molar-refractivity contribution in [2.24, 2.45) is 0 Å². The summed E-state index contributed by atoms with van der Waals surface area (Å²) in [5.41, 5.74) is 0. The predicted octanol–water partition coefficient (Wildman–Crippen LogP) is 0.957. The first-order valence-electron chi connectivity index (χ1n) is 6.81. The van der Waals surface area contributed by atoms with Crippen LogP contribution in [0.5, 0.6) is 0 Å². The van der Waals surface area contributed by atoms with Gasteiger partial charge in [0.1, 0.15) is 0 Å². The Kier molecular flexibility index (Phi) is 5.08. The van der Waals surface area contributed by atoms with E-state index in [0.29, 0.717) is 31.4 Å². The Hall–Kier alpha value is -1.47. The van der Waals surface area contributed by atoms with Crippen LogP contribution in [0, 0.1) is 0 Å². The zero-order valence-electron chi connectivity index (χ0n) is 12.2. The van der Waals surface area contributed by atoms with Crippen LogP contribution in [-0.4, -0.2) is 53.9 Å². The lowest BCUT2D eigenvalue weighted by atomic mass is 10.2. The lowest BCUT2D eigenvalue weighted by Crippen LogP contribution is -2.43. The van der Waals surface area contributed by atoms with Gasteiger partial charge in [0.05, 0.1) is 32.8 Å². The molecule has 0 aliphatic carbocycles. The van der Waals surface area contributed by atoms with Crippen LogP contribution in [0.4, 0.5) is 0 Å². The topological polar surface area (TPSA) is 77.7 Å². The van der Waals surface area contributed by atoms with Gasteiger partial charge in [-0.3, -0.25) is 9.69 Å². The number of aromatic nitrogens is 2. The van der Waals surface area contributed by atoms with E-state index in [9.17, 15) is 4.79 Å². The fourth-order valence-electron chi connectivity index (χ4n) is 2.08. The number of esters is 1. The maximum atomic E-state index is 11.3. The van der Waals surface area contributed by atoms with Gasteiger partial charge >= 0.3 is 5.97 Å². The Balaban J connectivity index is 1.87. The minimum atomic E-state index is -0.251. The zero-order chi connectivity index (χ0) is 14.5. The molecule has 1 fully saturated rings. The maximum absolute atomic E-state index is 11.3. The quantitative estimate of drug-likeness (QED) is 0.745. The third-order valence-electron chi connectivity index (χ3n) is 3.19. The molecule has 0 aromatic carbocycles. The number of rotatable bonds is 5. The minimum Gasteiger partial charge on any atom is -0.469 e. The molecule has 0 bridgehead atoms. The van der Waals surface area contributed by atoms with Gasteiger partial charge in [-0.05, 0) is 0 Å². The summed E-state index contributed by atoms with van der Waals surface area (Å²) in [5, 5.41) is 3.97. The molecule has 1 saturated heterocycles. The van der Waals surface area contributed by atoms with Gasteiger partial charge in [0, 0.05) is 19.0 Å². The molecule has 0 N–H and O–H groups in total. The van der Waals surface area contributed by atoms with Crippen molar-refractivity contribution in [3.8, 4) is 0 Å². The molecule has 1 aliphatic rings. The van der Waals surface area contributed by atoms with E-state index in [1.165, 1.54) is 7.11 Å². The van der Waals surface area contributed by atoms with Crippen LogP contribution in [0.25, 0.3) is 0 Å². The van der Waals surface area contributed by atoms with Crippen LogP contribution in [0.1, 0.15) is 37.9 Å². The van der Waals surface area contributed by atoms with Gasteiger partial charge in [-0.1, -0.05) is 19.0 Å². The maximum Gasteiger partial charge on any atom is 0.308 e. The molecular formula is C13H21N3O4. The van der Waals surface area contributed by atoms with E-state index in [4.69, 9.17) is 9.26 Å². The largest absolute Gasteiger partial charge is 0.469 e. The zero-order valence-corrected chi connectivity index (χ0v) is 12.2. The summed E-state index contributed by atoms with van der Waals surface area (Å²) in [7, 11) is 1.38. The van der Waals surface area contributed by atoms with Crippen molar-refractivity contribution in [1.82, 2.24) is 15.0 Å². The molecule has 112 valence electrons. The molecule has 0 spiro atoms. The number of nitrogens with zero attached hydrogens (tertiary/aromatic N) is 3. The van der Waals surface area contributed by atoms with Crippen molar-refractivity contribution < 1.29 is 18.8 Å². The summed E-state index contributed by atoms with van der Waals surface area (Å²) < 4.78 is 15.4. The van der Waals surface area contributed by atoms with Crippen LogP contribution in [0.2, 0.25) is 0 Å². The van der Waals surface area contributed by atoms with Crippen LogP contribution in [0.15, 0.2) is 4.52 Å². The van der Waals surface area contributed by atoms with Gasteiger partial charge in [0.2, 0.25) is 5.89 Å². The summed E-state index contributed by atoms with van der Waals surface area (Å²) in [6.07, 6.45) is 0.143. The van der Waals surface area contributed by atoms with Crippen molar-refractivity contribution >= 4 is 5.97 Å². The van der Waals surface area contributed by atoms with Gasteiger partial charge in [0.25, 0.3) is 0 Å². The Labute approximate surface area is 118 Å². The Morgan fingerprint density at radius 1 is 1.55 bits per heavy atom. The highest BCUT2D eigenvalue weighted by molar-refractivity contribution is 5.69. The van der Waals surface area contributed by atoms with Gasteiger partial charge in [0.15, 0.2) is 5.82 Å². The lowest BCUT2D eigenvalue weighted by Gasteiger charge is -2.31. The molecule has 1 aromatic rings. The first-order chi connectivity index (χ1) is 9.58. The van der Waals surface area contributed by atoms with Crippen LogP contribution in [-0.2, 0) is 20.8 Å². The van der Waals surface area contributed by atoms with Crippen LogP contribution in [0.3, 0.4) is 0 Å². The van der Waals surface area contributed by atoms with Crippen molar-refractivity contribution in [3.05, 3.63) is 11.7 Å². The number of morpholine rings is 1. The molecule has 7 heteroatoms.